The highest BCUT2D eigenvalue weighted by Crippen LogP contribution is 2.32. The fraction of sp³-hybridized carbons (Fsp3) is 0.286. The van der Waals surface area contributed by atoms with E-state index < -0.39 is 30.3 Å². The fourth-order valence-corrected chi connectivity index (χ4v) is 3.28. The number of nitrogens with one attached hydrogen (secondary N) is 1. The van der Waals surface area contributed by atoms with Crippen LogP contribution in [0.5, 0.6) is 0 Å². The van der Waals surface area contributed by atoms with Crippen LogP contribution in [0.1, 0.15) is 29.8 Å². The molecule has 0 saturated carbocycles. The molecule has 2 amide bonds. The summed E-state index contributed by atoms with van der Waals surface area (Å²) in [6.07, 6.45) is -0.271. The molecule has 6 nitrogen and oxygen atoms in total. The van der Waals surface area contributed by atoms with Crippen molar-refractivity contribution in [3.8, 4) is 0 Å². The van der Waals surface area contributed by atoms with Gasteiger partial charge in [0.2, 0.25) is 0 Å². The van der Waals surface area contributed by atoms with Crippen molar-refractivity contribution in [2.24, 2.45) is 0 Å². The minimum absolute atomic E-state index is 0.0354. The van der Waals surface area contributed by atoms with Gasteiger partial charge >= 0.3 is 5.97 Å². The average Bonchev–Trinajstić information content (AvgIpc) is 3.01. The van der Waals surface area contributed by atoms with Gasteiger partial charge in [0, 0.05) is 11.7 Å². The number of carbonyl (C=O) groups excluding carboxylic acids is 3. The van der Waals surface area contributed by atoms with Crippen molar-refractivity contribution in [1.29, 1.82) is 0 Å². The second-order valence-corrected chi connectivity index (χ2v) is 6.68. The zero-order valence-electron chi connectivity index (χ0n) is 15.6. The summed E-state index contributed by atoms with van der Waals surface area (Å²) < 4.78 is 18.7. The maximum absolute atomic E-state index is 13.6. The standard InChI is InChI=1S/C21H21FN2O4/c1-13-11-15-7-3-6-10-18(15)24(13)21(27)14(2)28-19(25)12-23-20(26)16-8-4-5-9-17(16)22/h3-10,13-14H,11-12H2,1-2H3,(H,23,26)/t13-,14-/m1/s1. The number of anilines is 1. The van der Waals surface area contributed by atoms with Crippen LogP contribution in [0.2, 0.25) is 0 Å². The molecule has 0 radical (unpaired) electrons. The topological polar surface area (TPSA) is 75.7 Å². The van der Waals surface area contributed by atoms with Gasteiger partial charge in [-0.1, -0.05) is 30.3 Å². The molecule has 146 valence electrons. The molecule has 3 rings (SSSR count). The van der Waals surface area contributed by atoms with Crippen molar-refractivity contribution in [1.82, 2.24) is 5.32 Å². The van der Waals surface area contributed by atoms with E-state index in [1.807, 2.05) is 31.2 Å². The zero-order valence-corrected chi connectivity index (χ0v) is 15.6. The smallest absolute Gasteiger partial charge is 0.326 e. The third-order valence-corrected chi connectivity index (χ3v) is 4.61. The van der Waals surface area contributed by atoms with E-state index in [1.165, 1.54) is 25.1 Å². The first-order valence-electron chi connectivity index (χ1n) is 9.01. The molecule has 0 saturated heterocycles. The Bertz CT molecular complexity index is 915. The molecule has 2 atom stereocenters. The fourth-order valence-electron chi connectivity index (χ4n) is 3.28. The second kappa shape index (κ2) is 8.21. The van der Waals surface area contributed by atoms with E-state index >= 15 is 0 Å². The lowest BCUT2D eigenvalue weighted by Gasteiger charge is -2.26. The third-order valence-electron chi connectivity index (χ3n) is 4.61. The number of halogens is 1. The van der Waals surface area contributed by atoms with Gasteiger partial charge in [0.25, 0.3) is 11.8 Å². The van der Waals surface area contributed by atoms with E-state index in [-0.39, 0.29) is 17.5 Å². The number of esters is 1. The van der Waals surface area contributed by atoms with Gasteiger partial charge in [-0.15, -0.1) is 0 Å². The maximum atomic E-state index is 13.6. The Morgan fingerprint density at radius 2 is 1.86 bits per heavy atom. The molecule has 0 spiro atoms. The van der Waals surface area contributed by atoms with E-state index in [0.29, 0.717) is 0 Å². The number of hydrogen-bond acceptors (Lipinski definition) is 4. The van der Waals surface area contributed by atoms with Gasteiger partial charge in [-0.2, -0.15) is 0 Å². The quantitative estimate of drug-likeness (QED) is 0.804. The Hall–Kier alpha value is -3.22. The minimum atomic E-state index is -1.01. The Morgan fingerprint density at radius 1 is 1.18 bits per heavy atom. The maximum Gasteiger partial charge on any atom is 0.326 e. The lowest BCUT2D eigenvalue weighted by Crippen LogP contribution is -2.44. The van der Waals surface area contributed by atoms with Gasteiger partial charge in [-0.3, -0.25) is 14.4 Å². The lowest BCUT2D eigenvalue weighted by molar-refractivity contribution is -0.152. The van der Waals surface area contributed by atoms with E-state index in [0.717, 1.165) is 23.7 Å². The monoisotopic (exact) mass is 384 g/mol. The summed E-state index contributed by atoms with van der Waals surface area (Å²) in [6.45, 7) is 2.96. The highest BCUT2D eigenvalue weighted by Gasteiger charge is 2.34. The normalized spacial score (nSPS) is 16.2. The van der Waals surface area contributed by atoms with Crippen molar-refractivity contribution < 1.29 is 23.5 Å². The van der Waals surface area contributed by atoms with Crippen LogP contribution in [-0.2, 0) is 20.7 Å². The summed E-state index contributed by atoms with van der Waals surface area (Å²) in [6, 6.07) is 13.0. The molecule has 0 aromatic heterocycles. The Morgan fingerprint density at radius 3 is 2.61 bits per heavy atom. The molecular weight excluding hydrogens is 363 g/mol. The number of rotatable bonds is 5. The highest BCUT2D eigenvalue weighted by atomic mass is 19.1. The van der Waals surface area contributed by atoms with Crippen molar-refractivity contribution in [3.63, 3.8) is 0 Å². The van der Waals surface area contributed by atoms with Crippen LogP contribution in [0.4, 0.5) is 10.1 Å². The number of ether oxygens (including phenoxy) is 1. The molecule has 1 aliphatic rings. The Labute approximate surface area is 162 Å². The van der Waals surface area contributed by atoms with Crippen LogP contribution in [0, 0.1) is 5.82 Å². The van der Waals surface area contributed by atoms with E-state index in [2.05, 4.69) is 5.32 Å². The second-order valence-electron chi connectivity index (χ2n) is 6.68. The summed E-state index contributed by atoms with van der Waals surface area (Å²) in [5.74, 6) is -2.51. The van der Waals surface area contributed by atoms with Gasteiger partial charge in [-0.05, 0) is 44.0 Å². The summed E-state index contributed by atoms with van der Waals surface area (Å²) in [4.78, 5) is 38.4. The molecule has 0 fully saturated rings. The molecule has 2 aromatic carbocycles. The van der Waals surface area contributed by atoms with Crippen LogP contribution >= 0.6 is 0 Å². The van der Waals surface area contributed by atoms with Crippen molar-refractivity contribution >= 4 is 23.5 Å². The lowest BCUT2D eigenvalue weighted by atomic mass is 10.1. The summed E-state index contributed by atoms with van der Waals surface area (Å²) in [5.41, 5.74) is 1.72. The van der Waals surface area contributed by atoms with Gasteiger partial charge in [0.15, 0.2) is 6.10 Å². The van der Waals surface area contributed by atoms with Gasteiger partial charge in [0.05, 0.1) is 5.56 Å². The van der Waals surface area contributed by atoms with E-state index in [9.17, 15) is 18.8 Å². The molecule has 0 aliphatic carbocycles. The van der Waals surface area contributed by atoms with Crippen LogP contribution in [-0.4, -0.2) is 36.5 Å². The molecule has 28 heavy (non-hydrogen) atoms. The SMILES string of the molecule is C[C@@H]1Cc2ccccc2N1C(=O)[C@@H](C)OC(=O)CNC(=O)c1ccccc1F. The number of hydrogen-bond donors (Lipinski definition) is 1. The van der Waals surface area contributed by atoms with Crippen LogP contribution in [0.3, 0.4) is 0 Å². The highest BCUT2D eigenvalue weighted by molar-refractivity contribution is 6.00. The van der Waals surface area contributed by atoms with Crippen molar-refractivity contribution in [2.75, 3.05) is 11.4 Å². The summed E-state index contributed by atoms with van der Waals surface area (Å²) >= 11 is 0. The minimum Gasteiger partial charge on any atom is -0.451 e. The molecule has 1 heterocycles. The number of para-hydroxylation sites is 1. The number of amides is 2. The van der Waals surface area contributed by atoms with Crippen molar-refractivity contribution in [3.05, 3.63) is 65.5 Å². The largest absolute Gasteiger partial charge is 0.451 e. The molecular formula is C21H21FN2O4. The molecule has 1 aliphatic heterocycles. The summed E-state index contributed by atoms with van der Waals surface area (Å²) in [7, 11) is 0. The molecule has 1 N–H and O–H groups in total. The Kier molecular flexibility index (Phi) is 5.73. The van der Waals surface area contributed by atoms with Crippen LogP contribution in [0.25, 0.3) is 0 Å². The predicted molar refractivity (Wildman–Crippen MR) is 101 cm³/mol. The molecule has 7 heteroatoms. The third kappa shape index (κ3) is 4.03. The van der Waals surface area contributed by atoms with E-state index in [4.69, 9.17) is 4.74 Å². The number of nitrogens with zero attached hydrogens (tertiary/aromatic N) is 1. The van der Waals surface area contributed by atoms with Gasteiger partial charge < -0.3 is 15.0 Å². The summed E-state index contributed by atoms with van der Waals surface area (Å²) in [5, 5.41) is 2.30. The number of carbonyl (C=O) groups is 3. The zero-order chi connectivity index (χ0) is 20.3. The first-order valence-corrected chi connectivity index (χ1v) is 9.01. The van der Waals surface area contributed by atoms with E-state index in [1.54, 1.807) is 4.90 Å². The van der Waals surface area contributed by atoms with Gasteiger partial charge in [0.1, 0.15) is 12.4 Å². The first kappa shape index (κ1) is 19.5. The first-order chi connectivity index (χ1) is 13.4. The molecule has 2 aromatic rings. The van der Waals surface area contributed by atoms with Crippen LogP contribution in [0.15, 0.2) is 48.5 Å². The molecule has 0 bridgehead atoms. The average molecular weight is 384 g/mol. The van der Waals surface area contributed by atoms with Crippen LogP contribution < -0.4 is 10.2 Å². The van der Waals surface area contributed by atoms with Crippen molar-refractivity contribution in [2.45, 2.75) is 32.4 Å². The van der Waals surface area contributed by atoms with Gasteiger partial charge in [-0.25, -0.2) is 4.39 Å². The predicted octanol–water partition coefficient (Wildman–Crippen LogP) is 2.47. The number of fused-ring (bicyclic) bond motifs is 1. The Balaban J connectivity index is 1.56. The molecule has 0 unspecified atom stereocenters. The number of benzene rings is 2.